The molecule has 4 heteroatoms. The van der Waals surface area contributed by atoms with Gasteiger partial charge in [0.15, 0.2) is 0 Å². The van der Waals surface area contributed by atoms with Gasteiger partial charge in [0.2, 0.25) is 5.91 Å². The van der Waals surface area contributed by atoms with E-state index in [-0.39, 0.29) is 11.8 Å². The van der Waals surface area contributed by atoms with Crippen molar-refractivity contribution in [3.8, 4) is 0 Å². The molecule has 0 aromatic rings. The molecule has 0 fully saturated rings. The van der Waals surface area contributed by atoms with Crippen LogP contribution in [0.3, 0.4) is 0 Å². The van der Waals surface area contributed by atoms with Crippen LogP contribution in [0.4, 0.5) is 0 Å². The molecule has 0 saturated heterocycles. The summed E-state index contributed by atoms with van der Waals surface area (Å²) >= 11 is 0. The van der Waals surface area contributed by atoms with E-state index in [1.54, 1.807) is 6.92 Å². The van der Waals surface area contributed by atoms with Crippen LogP contribution >= 0.6 is 0 Å². The fourth-order valence-electron chi connectivity index (χ4n) is 0.889. The van der Waals surface area contributed by atoms with Gasteiger partial charge in [-0.05, 0) is 12.8 Å². The molecule has 0 rings (SSSR count). The first-order chi connectivity index (χ1) is 6.40. The van der Waals surface area contributed by atoms with Gasteiger partial charge in [0.1, 0.15) is 6.04 Å². The van der Waals surface area contributed by atoms with E-state index in [1.165, 1.54) is 7.11 Å². The summed E-state index contributed by atoms with van der Waals surface area (Å²) in [5.41, 5.74) is 0.375. The van der Waals surface area contributed by atoms with Gasteiger partial charge in [0, 0.05) is 5.57 Å². The van der Waals surface area contributed by atoms with Crippen molar-refractivity contribution in [3.63, 3.8) is 0 Å². The number of rotatable bonds is 4. The summed E-state index contributed by atoms with van der Waals surface area (Å²) in [6.45, 7) is 8.74. The third kappa shape index (κ3) is 3.60. The molecular weight excluding hydrogens is 182 g/mol. The Labute approximate surface area is 84.3 Å². The Balaban J connectivity index is 4.46. The predicted molar refractivity (Wildman–Crippen MR) is 53.6 cm³/mol. The number of amides is 1. The van der Waals surface area contributed by atoms with Crippen molar-refractivity contribution in [1.29, 1.82) is 0 Å². The molecule has 14 heavy (non-hydrogen) atoms. The fourth-order valence-corrected chi connectivity index (χ4v) is 0.889. The van der Waals surface area contributed by atoms with Crippen LogP contribution in [-0.2, 0) is 14.3 Å². The van der Waals surface area contributed by atoms with Crippen LogP contribution in [0.15, 0.2) is 12.2 Å². The van der Waals surface area contributed by atoms with Gasteiger partial charge in [0.05, 0.1) is 7.11 Å². The van der Waals surface area contributed by atoms with Gasteiger partial charge in [0.25, 0.3) is 0 Å². The topological polar surface area (TPSA) is 55.4 Å². The first-order valence-electron chi connectivity index (χ1n) is 4.44. The van der Waals surface area contributed by atoms with E-state index < -0.39 is 12.0 Å². The highest BCUT2D eigenvalue weighted by Crippen LogP contribution is 2.04. The quantitative estimate of drug-likeness (QED) is 0.540. The van der Waals surface area contributed by atoms with E-state index in [1.807, 2.05) is 13.8 Å². The molecule has 0 aromatic carbocycles. The molecule has 0 aliphatic rings. The Bertz CT molecular complexity index is 246. The minimum Gasteiger partial charge on any atom is -0.467 e. The maximum Gasteiger partial charge on any atom is 0.328 e. The van der Waals surface area contributed by atoms with E-state index in [2.05, 4.69) is 16.6 Å². The number of esters is 1. The minimum atomic E-state index is -0.607. The molecule has 1 amide bonds. The number of hydrogen-bond donors (Lipinski definition) is 1. The molecule has 0 saturated carbocycles. The molecule has 0 radical (unpaired) electrons. The number of nitrogens with one attached hydrogen (secondary N) is 1. The molecule has 0 bridgehead atoms. The van der Waals surface area contributed by atoms with Crippen LogP contribution in [0, 0.1) is 5.92 Å². The maximum atomic E-state index is 11.3. The Kier molecular flexibility index (Phi) is 4.91. The lowest BCUT2D eigenvalue weighted by Gasteiger charge is -2.19. The second-order valence-corrected chi connectivity index (χ2v) is 3.50. The van der Waals surface area contributed by atoms with Crippen LogP contribution in [0.5, 0.6) is 0 Å². The van der Waals surface area contributed by atoms with E-state index >= 15 is 0 Å². The summed E-state index contributed by atoms with van der Waals surface area (Å²) in [6, 6.07) is -0.607. The van der Waals surface area contributed by atoms with Crippen molar-refractivity contribution in [2.24, 2.45) is 5.92 Å². The molecular formula is C10H17NO3. The predicted octanol–water partition coefficient (Wildman–Crippen LogP) is 0.876. The van der Waals surface area contributed by atoms with Crippen molar-refractivity contribution in [3.05, 3.63) is 12.2 Å². The maximum absolute atomic E-state index is 11.3. The lowest BCUT2D eigenvalue weighted by atomic mass is 10.0. The fraction of sp³-hybridized carbons (Fsp3) is 0.600. The van der Waals surface area contributed by atoms with Crippen molar-refractivity contribution >= 4 is 11.9 Å². The van der Waals surface area contributed by atoms with Gasteiger partial charge in [-0.2, -0.15) is 0 Å². The molecule has 0 heterocycles. The summed E-state index contributed by atoms with van der Waals surface area (Å²) in [5, 5.41) is 2.55. The third-order valence-corrected chi connectivity index (χ3v) is 1.80. The highest BCUT2D eigenvalue weighted by molar-refractivity contribution is 5.95. The summed E-state index contributed by atoms with van der Waals surface area (Å²) in [5.74, 6) is -0.769. The zero-order valence-corrected chi connectivity index (χ0v) is 9.09. The monoisotopic (exact) mass is 199 g/mol. The first kappa shape index (κ1) is 12.7. The highest BCUT2D eigenvalue weighted by Gasteiger charge is 2.24. The average molecular weight is 199 g/mol. The molecule has 0 unspecified atom stereocenters. The Hall–Kier alpha value is -1.32. The van der Waals surface area contributed by atoms with Gasteiger partial charge in [-0.15, -0.1) is 0 Å². The summed E-state index contributed by atoms with van der Waals surface area (Å²) in [6.07, 6.45) is 0. The highest BCUT2D eigenvalue weighted by atomic mass is 16.5. The van der Waals surface area contributed by atoms with Gasteiger partial charge < -0.3 is 10.1 Å². The smallest absolute Gasteiger partial charge is 0.328 e. The summed E-state index contributed by atoms with van der Waals surface area (Å²) in [4.78, 5) is 22.5. The van der Waals surface area contributed by atoms with Gasteiger partial charge in [-0.25, -0.2) is 4.79 Å². The molecule has 1 N–H and O–H groups in total. The second kappa shape index (κ2) is 5.42. The van der Waals surface area contributed by atoms with Crippen molar-refractivity contribution < 1.29 is 14.3 Å². The second-order valence-electron chi connectivity index (χ2n) is 3.50. The molecule has 0 spiro atoms. The van der Waals surface area contributed by atoms with Crippen LogP contribution in [0.2, 0.25) is 0 Å². The zero-order chi connectivity index (χ0) is 11.3. The molecule has 0 aliphatic carbocycles. The van der Waals surface area contributed by atoms with Crippen LogP contribution in [0.1, 0.15) is 20.8 Å². The van der Waals surface area contributed by atoms with Crippen LogP contribution < -0.4 is 5.32 Å². The molecule has 0 aliphatic heterocycles. The Morgan fingerprint density at radius 1 is 1.36 bits per heavy atom. The van der Waals surface area contributed by atoms with E-state index in [9.17, 15) is 9.59 Å². The molecule has 80 valence electrons. The molecule has 1 atom stereocenters. The number of hydrogen-bond acceptors (Lipinski definition) is 3. The van der Waals surface area contributed by atoms with Gasteiger partial charge >= 0.3 is 5.97 Å². The number of carbonyl (C=O) groups is 2. The van der Waals surface area contributed by atoms with E-state index in [0.717, 1.165) is 0 Å². The van der Waals surface area contributed by atoms with Gasteiger partial charge in [-0.3, -0.25) is 4.79 Å². The third-order valence-electron chi connectivity index (χ3n) is 1.80. The molecule has 4 nitrogen and oxygen atoms in total. The number of carbonyl (C=O) groups excluding carboxylic acids is 2. The number of ether oxygens (including phenoxy) is 1. The molecule has 0 aromatic heterocycles. The first-order valence-corrected chi connectivity index (χ1v) is 4.44. The Morgan fingerprint density at radius 2 is 1.86 bits per heavy atom. The van der Waals surface area contributed by atoms with Crippen LogP contribution in [0.25, 0.3) is 0 Å². The van der Waals surface area contributed by atoms with Crippen LogP contribution in [-0.4, -0.2) is 25.0 Å². The summed E-state index contributed by atoms with van der Waals surface area (Å²) < 4.78 is 4.57. The van der Waals surface area contributed by atoms with Gasteiger partial charge in [-0.1, -0.05) is 20.4 Å². The Morgan fingerprint density at radius 3 is 2.14 bits per heavy atom. The van der Waals surface area contributed by atoms with Crippen molar-refractivity contribution in [1.82, 2.24) is 5.32 Å². The van der Waals surface area contributed by atoms with Crippen molar-refractivity contribution in [2.75, 3.05) is 7.11 Å². The average Bonchev–Trinajstić information content (AvgIpc) is 2.11. The zero-order valence-electron chi connectivity index (χ0n) is 9.09. The standard InChI is InChI=1S/C10H17NO3/c1-6(2)8(10(13)14-5)11-9(12)7(3)4/h6,8H,3H2,1-2,4-5H3,(H,11,12)/t8-/m0/s1. The largest absolute Gasteiger partial charge is 0.467 e. The lowest BCUT2D eigenvalue weighted by Crippen LogP contribution is -2.45. The lowest BCUT2D eigenvalue weighted by molar-refractivity contribution is -0.145. The SMILES string of the molecule is C=C(C)C(=O)N[C@H](C(=O)OC)C(C)C. The van der Waals surface area contributed by atoms with Crippen molar-refractivity contribution in [2.45, 2.75) is 26.8 Å². The normalized spacial score (nSPS) is 12.1. The van der Waals surface area contributed by atoms with E-state index in [0.29, 0.717) is 5.57 Å². The number of methoxy groups -OCH3 is 1. The summed E-state index contributed by atoms with van der Waals surface area (Å²) in [7, 11) is 1.30. The van der Waals surface area contributed by atoms with E-state index in [4.69, 9.17) is 0 Å². The minimum absolute atomic E-state index is 0.00856.